The van der Waals surface area contributed by atoms with Crippen LogP contribution in [0.15, 0.2) is 28.7 Å². The summed E-state index contributed by atoms with van der Waals surface area (Å²) in [5.41, 5.74) is 4.44. The van der Waals surface area contributed by atoms with E-state index in [1.807, 2.05) is 12.3 Å². The number of rotatable bonds is 6. The first-order valence-corrected chi connectivity index (χ1v) is 10.7. The minimum atomic E-state index is -0.0796. The van der Waals surface area contributed by atoms with Gasteiger partial charge in [-0.05, 0) is 50.8 Å². The Labute approximate surface area is 166 Å². The average molecular weight is 400 g/mol. The van der Waals surface area contributed by atoms with Crippen molar-refractivity contribution in [1.82, 2.24) is 19.7 Å². The van der Waals surface area contributed by atoms with E-state index in [0.29, 0.717) is 16.9 Å². The van der Waals surface area contributed by atoms with Crippen LogP contribution >= 0.6 is 23.1 Å². The summed E-state index contributed by atoms with van der Waals surface area (Å²) in [7, 11) is 0. The van der Waals surface area contributed by atoms with E-state index in [1.165, 1.54) is 47.1 Å². The molecule has 4 rings (SSSR count). The Morgan fingerprint density at radius 2 is 2.07 bits per heavy atom. The van der Waals surface area contributed by atoms with Crippen molar-refractivity contribution >= 4 is 34.1 Å². The summed E-state index contributed by atoms with van der Waals surface area (Å²) >= 11 is 2.87. The first-order valence-electron chi connectivity index (χ1n) is 8.88. The van der Waals surface area contributed by atoms with Gasteiger partial charge in [-0.1, -0.05) is 23.9 Å². The number of carbonyl (C=O) groups excluding carboxylic acids is 1. The lowest BCUT2D eigenvalue weighted by Gasteiger charge is -2.06. The molecule has 140 valence electrons. The molecule has 0 atom stereocenters. The van der Waals surface area contributed by atoms with Crippen LogP contribution in [0.4, 0.5) is 5.13 Å². The molecule has 27 heavy (non-hydrogen) atoms. The molecule has 6 nitrogen and oxygen atoms in total. The second-order valence-corrected chi connectivity index (χ2v) is 8.61. The molecule has 2 heterocycles. The van der Waals surface area contributed by atoms with Gasteiger partial charge in [0.25, 0.3) is 0 Å². The highest BCUT2D eigenvalue weighted by Gasteiger charge is 2.28. The number of nitrogens with zero attached hydrogens (tertiary/aromatic N) is 4. The van der Waals surface area contributed by atoms with E-state index in [9.17, 15) is 4.79 Å². The topological polar surface area (TPSA) is 72.7 Å². The summed E-state index contributed by atoms with van der Waals surface area (Å²) < 4.78 is 2.14. The van der Waals surface area contributed by atoms with Gasteiger partial charge >= 0.3 is 0 Å². The van der Waals surface area contributed by atoms with E-state index in [0.717, 1.165) is 22.2 Å². The summed E-state index contributed by atoms with van der Waals surface area (Å²) in [6.07, 6.45) is 2.33. The fourth-order valence-corrected chi connectivity index (χ4v) is 4.44. The molecule has 1 aliphatic rings. The number of thioether (sulfide) groups is 1. The van der Waals surface area contributed by atoms with Crippen LogP contribution in [0.3, 0.4) is 0 Å². The third kappa shape index (κ3) is 4.06. The van der Waals surface area contributed by atoms with Crippen molar-refractivity contribution in [3.05, 3.63) is 40.5 Å². The normalized spacial score (nSPS) is 13.7. The molecular weight excluding hydrogens is 378 g/mol. The monoisotopic (exact) mass is 399 g/mol. The highest BCUT2D eigenvalue weighted by Crippen LogP contribution is 2.38. The van der Waals surface area contributed by atoms with Crippen molar-refractivity contribution < 1.29 is 4.79 Å². The van der Waals surface area contributed by atoms with E-state index in [4.69, 9.17) is 0 Å². The summed E-state index contributed by atoms with van der Waals surface area (Å²) in [5, 5.41) is 14.6. The van der Waals surface area contributed by atoms with Crippen LogP contribution in [-0.4, -0.2) is 31.4 Å². The molecule has 1 saturated carbocycles. The second kappa shape index (κ2) is 7.44. The molecule has 8 heteroatoms. The molecule has 1 aromatic carbocycles. The first-order chi connectivity index (χ1) is 13.0. The highest BCUT2D eigenvalue weighted by atomic mass is 32.2. The molecule has 1 amide bonds. The van der Waals surface area contributed by atoms with Crippen LogP contribution < -0.4 is 5.32 Å². The zero-order valence-corrected chi connectivity index (χ0v) is 17.2. The van der Waals surface area contributed by atoms with Crippen molar-refractivity contribution in [3.8, 4) is 11.3 Å². The van der Waals surface area contributed by atoms with Crippen molar-refractivity contribution in [2.24, 2.45) is 0 Å². The van der Waals surface area contributed by atoms with Gasteiger partial charge in [0.2, 0.25) is 5.91 Å². The molecule has 1 aliphatic carbocycles. The predicted octanol–water partition coefficient (Wildman–Crippen LogP) is 4.39. The largest absolute Gasteiger partial charge is 0.303 e. The van der Waals surface area contributed by atoms with Gasteiger partial charge in [0.15, 0.2) is 10.3 Å². The van der Waals surface area contributed by atoms with E-state index >= 15 is 0 Å². The third-order valence-corrected chi connectivity index (χ3v) is 6.33. The predicted molar refractivity (Wildman–Crippen MR) is 109 cm³/mol. The van der Waals surface area contributed by atoms with E-state index in [-0.39, 0.29) is 5.91 Å². The molecule has 0 bridgehead atoms. The summed E-state index contributed by atoms with van der Waals surface area (Å²) in [4.78, 5) is 16.9. The first kappa shape index (κ1) is 18.2. The number of nitrogens with one attached hydrogen (secondary N) is 1. The number of anilines is 1. The van der Waals surface area contributed by atoms with E-state index < -0.39 is 0 Å². The number of aryl methyl sites for hydroxylation is 3. The van der Waals surface area contributed by atoms with Gasteiger partial charge < -0.3 is 9.88 Å². The Bertz CT molecular complexity index is 990. The van der Waals surface area contributed by atoms with Crippen LogP contribution in [0.2, 0.25) is 0 Å². The van der Waals surface area contributed by atoms with Crippen molar-refractivity contribution in [2.75, 3.05) is 11.1 Å². The smallest absolute Gasteiger partial charge is 0.236 e. The fraction of sp³-hybridized carbons (Fsp3) is 0.368. The number of aromatic nitrogens is 4. The second-order valence-electron chi connectivity index (χ2n) is 6.80. The van der Waals surface area contributed by atoms with Crippen LogP contribution in [-0.2, 0) is 4.79 Å². The maximum atomic E-state index is 12.3. The van der Waals surface area contributed by atoms with Crippen molar-refractivity contribution in [2.45, 2.75) is 44.8 Å². The van der Waals surface area contributed by atoms with Gasteiger partial charge in [-0.3, -0.25) is 4.79 Å². The summed E-state index contributed by atoms with van der Waals surface area (Å²) in [6, 6.07) is 6.78. The molecule has 3 aromatic rings. The molecule has 2 aromatic heterocycles. The van der Waals surface area contributed by atoms with Crippen LogP contribution in [0.1, 0.15) is 35.8 Å². The quantitative estimate of drug-likeness (QED) is 0.622. The van der Waals surface area contributed by atoms with E-state index in [1.54, 1.807) is 0 Å². The summed E-state index contributed by atoms with van der Waals surface area (Å²) in [5.74, 6) is 1.13. The van der Waals surface area contributed by atoms with Gasteiger partial charge in [-0.15, -0.1) is 21.5 Å². The number of hydrogen-bond acceptors (Lipinski definition) is 6. The molecule has 1 N–H and O–H groups in total. The molecule has 0 saturated heterocycles. The zero-order valence-electron chi connectivity index (χ0n) is 15.5. The zero-order chi connectivity index (χ0) is 19.0. The van der Waals surface area contributed by atoms with Crippen LogP contribution in [0.25, 0.3) is 11.3 Å². The molecule has 1 fully saturated rings. The molecule has 0 unspecified atom stereocenters. The minimum absolute atomic E-state index is 0.0796. The molecule has 0 aliphatic heterocycles. The van der Waals surface area contributed by atoms with Gasteiger partial charge in [0, 0.05) is 17.0 Å². The molecular formula is C19H21N5OS2. The van der Waals surface area contributed by atoms with E-state index in [2.05, 4.69) is 57.1 Å². The lowest BCUT2D eigenvalue weighted by atomic mass is 10.1. The van der Waals surface area contributed by atoms with Crippen molar-refractivity contribution in [3.63, 3.8) is 0 Å². The van der Waals surface area contributed by atoms with Gasteiger partial charge in [-0.2, -0.15) is 0 Å². The third-order valence-electron chi connectivity index (χ3n) is 4.63. The Balaban J connectivity index is 1.37. The highest BCUT2D eigenvalue weighted by molar-refractivity contribution is 7.99. The number of thiazole rings is 1. The molecule has 0 radical (unpaired) electrons. The number of benzene rings is 1. The number of hydrogen-bond donors (Lipinski definition) is 1. The standard InChI is InChI=1S/C19H21N5OS2/c1-11-4-5-14(8-12(11)2)16-9-26-18(20-16)21-17(25)10-27-19-23-22-13(3)24(19)15-6-7-15/h4-5,8-9,15H,6-7,10H2,1-3H3,(H,20,21,25). The Kier molecular flexibility index (Phi) is 5.01. The maximum absolute atomic E-state index is 12.3. The van der Waals surface area contributed by atoms with Gasteiger partial charge in [-0.25, -0.2) is 4.98 Å². The molecule has 0 spiro atoms. The van der Waals surface area contributed by atoms with Gasteiger partial charge in [0.05, 0.1) is 11.4 Å². The number of carbonyl (C=O) groups is 1. The van der Waals surface area contributed by atoms with Crippen molar-refractivity contribution in [1.29, 1.82) is 0 Å². The Hall–Kier alpha value is -2.19. The average Bonchev–Trinajstić information content (AvgIpc) is 3.25. The van der Waals surface area contributed by atoms with Crippen LogP contribution in [0.5, 0.6) is 0 Å². The van der Waals surface area contributed by atoms with Gasteiger partial charge in [0.1, 0.15) is 5.82 Å². The number of amides is 1. The fourth-order valence-electron chi connectivity index (χ4n) is 2.85. The SMILES string of the molecule is Cc1ccc(-c2csc(NC(=O)CSc3nnc(C)n3C3CC3)n2)cc1C. The maximum Gasteiger partial charge on any atom is 0.236 e. The lowest BCUT2D eigenvalue weighted by Crippen LogP contribution is -2.14. The Morgan fingerprint density at radius 1 is 1.26 bits per heavy atom. The minimum Gasteiger partial charge on any atom is -0.303 e. The summed E-state index contributed by atoms with van der Waals surface area (Å²) in [6.45, 7) is 6.14. The Morgan fingerprint density at radius 3 is 2.81 bits per heavy atom. The lowest BCUT2D eigenvalue weighted by molar-refractivity contribution is -0.113. The van der Waals surface area contributed by atoms with Crippen LogP contribution in [0, 0.1) is 20.8 Å².